The Labute approximate surface area is 146 Å². The average molecular weight is 336 g/mol. The Hall–Kier alpha value is -3.02. The number of benzene rings is 1. The maximum Gasteiger partial charge on any atom is 0.253 e. The maximum absolute atomic E-state index is 12.7. The van der Waals surface area contributed by atoms with Gasteiger partial charge in [0.2, 0.25) is 0 Å². The lowest BCUT2D eigenvalue weighted by Gasteiger charge is -2.16. The number of rotatable bonds is 5. The van der Waals surface area contributed by atoms with Crippen LogP contribution in [0.4, 0.5) is 0 Å². The summed E-state index contributed by atoms with van der Waals surface area (Å²) < 4.78 is 5.29. The third kappa shape index (κ3) is 3.91. The summed E-state index contributed by atoms with van der Waals surface area (Å²) >= 11 is 0. The van der Waals surface area contributed by atoms with Crippen molar-refractivity contribution in [2.75, 3.05) is 7.05 Å². The molecule has 0 aliphatic rings. The molecule has 128 valence electrons. The number of hydrogen-bond acceptors (Lipinski definition) is 5. The zero-order valence-electron chi connectivity index (χ0n) is 14.5. The highest BCUT2D eigenvalue weighted by molar-refractivity contribution is 5.95. The third-order valence-electron chi connectivity index (χ3n) is 3.90. The molecule has 0 spiro atoms. The van der Waals surface area contributed by atoms with E-state index < -0.39 is 0 Å². The van der Waals surface area contributed by atoms with Crippen molar-refractivity contribution in [3.8, 4) is 11.1 Å². The minimum absolute atomic E-state index is 0.0761. The van der Waals surface area contributed by atoms with Crippen LogP contribution in [-0.2, 0) is 6.54 Å². The molecule has 0 aliphatic heterocycles. The lowest BCUT2D eigenvalue weighted by atomic mass is 10.1. The molecule has 0 fully saturated rings. The molecular formula is C19H20N4O2. The zero-order valence-corrected chi connectivity index (χ0v) is 14.5. The number of nitrogens with zero attached hydrogens (tertiary/aromatic N) is 4. The van der Waals surface area contributed by atoms with Gasteiger partial charge in [-0.1, -0.05) is 31.1 Å². The van der Waals surface area contributed by atoms with E-state index in [9.17, 15) is 4.79 Å². The van der Waals surface area contributed by atoms with E-state index in [0.29, 0.717) is 12.1 Å². The number of aromatic nitrogens is 3. The van der Waals surface area contributed by atoms with Crippen LogP contribution in [0.15, 0.2) is 53.6 Å². The summed E-state index contributed by atoms with van der Waals surface area (Å²) in [5, 5.41) is 4.03. The van der Waals surface area contributed by atoms with Crippen LogP contribution in [0, 0.1) is 0 Å². The second-order valence-electron chi connectivity index (χ2n) is 6.24. The van der Waals surface area contributed by atoms with Crippen LogP contribution in [0.2, 0.25) is 0 Å². The molecule has 0 aliphatic carbocycles. The summed E-state index contributed by atoms with van der Waals surface area (Å²) in [6, 6.07) is 9.33. The summed E-state index contributed by atoms with van der Waals surface area (Å²) in [6.07, 6.45) is 4.93. The number of hydrogen-bond donors (Lipinski definition) is 0. The van der Waals surface area contributed by atoms with Gasteiger partial charge in [-0.3, -0.25) is 4.79 Å². The summed E-state index contributed by atoms with van der Waals surface area (Å²) in [5.74, 6) is 1.02. The van der Waals surface area contributed by atoms with Crippen LogP contribution in [0.1, 0.15) is 41.6 Å². The second kappa shape index (κ2) is 7.25. The van der Waals surface area contributed by atoms with E-state index in [1.807, 2.05) is 38.1 Å². The highest BCUT2D eigenvalue weighted by Crippen LogP contribution is 2.20. The molecule has 1 amide bonds. The Kier molecular flexibility index (Phi) is 4.88. The van der Waals surface area contributed by atoms with Gasteiger partial charge in [-0.05, 0) is 17.7 Å². The van der Waals surface area contributed by atoms with Crippen molar-refractivity contribution in [3.05, 3.63) is 66.1 Å². The zero-order chi connectivity index (χ0) is 17.8. The van der Waals surface area contributed by atoms with Gasteiger partial charge in [0.05, 0.1) is 6.54 Å². The monoisotopic (exact) mass is 336 g/mol. The number of carbonyl (C=O) groups excluding carboxylic acids is 1. The van der Waals surface area contributed by atoms with Crippen molar-refractivity contribution in [1.29, 1.82) is 0 Å². The smallest absolute Gasteiger partial charge is 0.253 e. The third-order valence-corrected chi connectivity index (χ3v) is 3.90. The van der Waals surface area contributed by atoms with Gasteiger partial charge in [0.15, 0.2) is 0 Å². The van der Waals surface area contributed by atoms with Crippen molar-refractivity contribution >= 4 is 5.91 Å². The second-order valence-corrected chi connectivity index (χ2v) is 6.24. The molecule has 0 unspecified atom stereocenters. The lowest BCUT2D eigenvalue weighted by Crippen LogP contribution is -2.26. The molecule has 0 atom stereocenters. The molecule has 0 saturated carbocycles. The molecule has 0 saturated heterocycles. The van der Waals surface area contributed by atoms with Crippen molar-refractivity contribution in [3.63, 3.8) is 0 Å². The predicted octanol–water partition coefficient (Wildman–Crippen LogP) is 3.53. The van der Waals surface area contributed by atoms with Crippen molar-refractivity contribution in [2.24, 2.45) is 0 Å². The summed E-state index contributed by atoms with van der Waals surface area (Å²) in [6.45, 7) is 4.48. The van der Waals surface area contributed by atoms with E-state index in [4.69, 9.17) is 4.52 Å². The first-order valence-corrected chi connectivity index (χ1v) is 8.11. The maximum atomic E-state index is 12.7. The van der Waals surface area contributed by atoms with E-state index in [1.54, 1.807) is 30.4 Å². The van der Waals surface area contributed by atoms with Crippen LogP contribution in [0.25, 0.3) is 11.1 Å². The van der Waals surface area contributed by atoms with Gasteiger partial charge in [0.1, 0.15) is 17.8 Å². The molecule has 0 bridgehead atoms. The van der Waals surface area contributed by atoms with Crippen LogP contribution >= 0.6 is 0 Å². The lowest BCUT2D eigenvalue weighted by molar-refractivity contribution is 0.0782. The van der Waals surface area contributed by atoms with Gasteiger partial charge in [-0.15, -0.1) is 0 Å². The number of amides is 1. The molecule has 0 radical (unpaired) electrons. The van der Waals surface area contributed by atoms with Gasteiger partial charge in [0, 0.05) is 42.6 Å². The molecule has 6 heteroatoms. The van der Waals surface area contributed by atoms with Gasteiger partial charge in [0.25, 0.3) is 5.91 Å². The van der Waals surface area contributed by atoms with E-state index >= 15 is 0 Å². The fraction of sp³-hybridized carbons (Fsp3) is 0.263. The molecule has 3 aromatic rings. The molecule has 3 rings (SSSR count). The van der Waals surface area contributed by atoms with Crippen LogP contribution in [-0.4, -0.2) is 33.0 Å². The fourth-order valence-corrected chi connectivity index (χ4v) is 2.49. The molecule has 2 aromatic heterocycles. The molecule has 0 N–H and O–H groups in total. The first-order chi connectivity index (χ1) is 12.0. The minimum Gasteiger partial charge on any atom is -0.361 e. The van der Waals surface area contributed by atoms with Gasteiger partial charge >= 0.3 is 0 Å². The van der Waals surface area contributed by atoms with Crippen molar-refractivity contribution in [1.82, 2.24) is 20.0 Å². The van der Waals surface area contributed by atoms with E-state index in [0.717, 1.165) is 22.6 Å². The highest BCUT2D eigenvalue weighted by atomic mass is 16.5. The normalized spacial score (nSPS) is 10.9. The molecule has 6 nitrogen and oxygen atoms in total. The van der Waals surface area contributed by atoms with Gasteiger partial charge < -0.3 is 9.42 Å². The van der Waals surface area contributed by atoms with Gasteiger partial charge in [-0.25, -0.2) is 9.97 Å². The SMILES string of the molecule is CC(C)c1cc(CN(C)C(=O)c2cccc(-c3cncnc3)c2)no1. The average Bonchev–Trinajstić information content (AvgIpc) is 3.11. The molecule has 2 heterocycles. The first-order valence-electron chi connectivity index (χ1n) is 8.11. The Morgan fingerprint density at radius 3 is 2.60 bits per heavy atom. The largest absolute Gasteiger partial charge is 0.361 e. The van der Waals surface area contributed by atoms with Crippen molar-refractivity contribution in [2.45, 2.75) is 26.3 Å². The van der Waals surface area contributed by atoms with Gasteiger partial charge in [-0.2, -0.15) is 0 Å². The Balaban J connectivity index is 1.75. The van der Waals surface area contributed by atoms with Crippen LogP contribution in [0.3, 0.4) is 0 Å². The minimum atomic E-state index is -0.0761. The molecule has 1 aromatic carbocycles. The Morgan fingerprint density at radius 2 is 1.92 bits per heavy atom. The topological polar surface area (TPSA) is 72.1 Å². The first kappa shape index (κ1) is 16.8. The van der Waals surface area contributed by atoms with Crippen LogP contribution < -0.4 is 0 Å². The van der Waals surface area contributed by atoms with Crippen LogP contribution in [0.5, 0.6) is 0 Å². The molecular weight excluding hydrogens is 316 g/mol. The predicted molar refractivity (Wildman–Crippen MR) is 93.9 cm³/mol. The highest BCUT2D eigenvalue weighted by Gasteiger charge is 2.16. The van der Waals surface area contributed by atoms with E-state index in [2.05, 4.69) is 15.1 Å². The van der Waals surface area contributed by atoms with E-state index in [-0.39, 0.29) is 11.8 Å². The summed E-state index contributed by atoms with van der Waals surface area (Å²) in [5.41, 5.74) is 3.13. The Bertz CT molecular complexity index is 859. The fourth-order valence-electron chi connectivity index (χ4n) is 2.49. The summed E-state index contributed by atoms with van der Waals surface area (Å²) in [4.78, 5) is 22.4. The van der Waals surface area contributed by atoms with Crippen molar-refractivity contribution < 1.29 is 9.32 Å². The molecule has 25 heavy (non-hydrogen) atoms. The van der Waals surface area contributed by atoms with E-state index in [1.165, 1.54) is 6.33 Å². The quantitative estimate of drug-likeness (QED) is 0.713. The number of carbonyl (C=O) groups is 1. The standard InChI is InChI=1S/C19H20N4O2/c1-13(2)18-8-17(22-25-18)11-23(3)19(24)15-6-4-5-14(7-15)16-9-20-12-21-10-16/h4-10,12-13H,11H2,1-3H3. The Morgan fingerprint density at radius 1 is 1.16 bits per heavy atom. The summed E-state index contributed by atoms with van der Waals surface area (Å²) in [7, 11) is 1.75.